The van der Waals surface area contributed by atoms with Crippen LogP contribution >= 0.6 is 15.9 Å². The van der Waals surface area contributed by atoms with Crippen LogP contribution in [0.15, 0.2) is 42.5 Å². The number of para-hydroxylation sites is 2. The molecule has 0 aliphatic carbocycles. The fraction of sp³-hybridized carbons (Fsp3) is 0.400. The number of nitrogens with zero attached hydrogens (tertiary/aromatic N) is 1. The van der Waals surface area contributed by atoms with Gasteiger partial charge in [0.2, 0.25) is 0 Å². The second-order valence-corrected chi connectivity index (χ2v) is 7.29. The molecule has 0 amide bonds. The third kappa shape index (κ3) is 2.81. The summed E-state index contributed by atoms with van der Waals surface area (Å²) in [7, 11) is 0. The van der Waals surface area contributed by atoms with Crippen molar-refractivity contribution in [2.24, 2.45) is 0 Å². The molecule has 1 aromatic heterocycles. The largest absolute Gasteiger partial charge is 0.341 e. The zero-order valence-electron chi connectivity index (χ0n) is 13.5. The van der Waals surface area contributed by atoms with Crippen LogP contribution in [0.1, 0.15) is 38.7 Å². The fourth-order valence-electron chi connectivity index (χ4n) is 3.48. The second-order valence-electron chi connectivity index (χ2n) is 6.00. The molecule has 1 unspecified atom stereocenters. The van der Waals surface area contributed by atoms with Crippen LogP contribution in [-0.2, 0) is 13.0 Å². The molecule has 2 aromatic carbocycles. The summed E-state index contributed by atoms with van der Waals surface area (Å²) in [6.45, 7) is 5.52. The maximum atomic E-state index is 3.82. The summed E-state index contributed by atoms with van der Waals surface area (Å²) in [6.07, 6.45) is 4.85. The minimum Gasteiger partial charge on any atom is -0.341 e. The van der Waals surface area contributed by atoms with E-state index in [4.69, 9.17) is 0 Å². The van der Waals surface area contributed by atoms with Crippen LogP contribution < -0.4 is 0 Å². The highest BCUT2D eigenvalue weighted by atomic mass is 79.9. The third-order valence-electron chi connectivity index (χ3n) is 4.52. The van der Waals surface area contributed by atoms with E-state index < -0.39 is 0 Å². The van der Waals surface area contributed by atoms with Crippen LogP contribution in [0.2, 0.25) is 0 Å². The second kappa shape index (κ2) is 6.87. The Morgan fingerprint density at radius 3 is 2.50 bits per heavy atom. The highest BCUT2D eigenvalue weighted by Crippen LogP contribution is 2.32. The first-order valence-corrected chi connectivity index (χ1v) is 9.30. The summed E-state index contributed by atoms with van der Waals surface area (Å²) >= 11 is 3.82. The van der Waals surface area contributed by atoms with Gasteiger partial charge in [0.15, 0.2) is 0 Å². The fourth-order valence-corrected chi connectivity index (χ4v) is 4.17. The van der Waals surface area contributed by atoms with E-state index in [9.17, 15) is 0 Å². The summed E-state index contributed by atoms with van der Waals surface area (Å²) < 4.78 is 2.48. The Balaban J connectivity index is 2.07. The Bertz CT molecular complexity index is 772. The van der Waals surface area contributed by atoms with E-state index in [0.717, 1.165) is 13.0 Å². The summed E-state index contributed by atoms with van der Waals surface area (Å²) in [5.74, 6) is 0. The van der Waals surface area contributed by atoms with Crippen LogP contribution in [0.4, 0.5) is 0 Å². The first kappa shape index (κ1) is 15.6. The SMILES string of the molecule is CCCC(Br)CCc1cccc2c3ccccc3n(CC)c12. The van der Waals surface area contributed by atoms with Crippen molar-refractivity contribution < 1.29 is 0 Å². The molecular formula is C20H24BrN. The number of hydrogen-bond donors (Lipinski definition) is 0. The molecule has 3 rings (SSSR count). The number of halogens is 1. The van der Waals surface area contributed by atoms with Gasteiger partial charge in [0.1, 0.15) is 0 Å². The van der Waals surface area contributed by atoms with Gasteiger partial charge in [0.05, 0.1) is 5.52 Å². The summed E-state index contributed by atoms with van der Waals surface area (Å²) in [4.78, 5) is 0.632. The zero-order valence-corrected chi connectivity index (χ0v) is 15.1. The molecule has 0 fully saturated rings. The molecule has 1 atom stereocenters. The Morgan fingerprint density at radius 2 is 1.73 bits per heavy atom. The van der Waals surface area contributed by atoms with E-state index in [1.54, 1.807) is 0 Å². The molecule has 2 heteroatoms. The van der Waals surface area contributed by atoms with Gasteiger partial charge in [-0.2, -0.15) is 0 Å². The maximum Gasteiger partial charge on any atom is 0.0523 e. The Labute approximate surface area is 141 Å². The third-order valence-corrected chi connectivity index (χ3v) is 5.44. The van der Waals surface area contributed by atoms with Gasteiger partial charge in [-0.15, -0.1) is 0 Å². The average molecular weight is 358 g/mol. The van der Waals surface area contributed by atoms with Crippen molar-refractivity contribution in [3.8, 4) is 0 Å². The highest BCUT2D eigenvalue weighted by Gasteiger charge is 2.13. The monoisotopic (exact) mass is 357 g/mol. The molecular weight excluding hydrogens is 334 g/mol. The van der Waals surface area contributed by atoms with E-state index in [2.05, 4.69) is 76.8 Å². The lowest BCUT2D eigenvalue weighted by Crippen LogP contribution is -2.02. The summed E-state index contributed by atoms with van der Waals surface area (Å²) in [5, 5.41) is 2.78. The van der Waals surface area contributed by atoms with Crippen molar-refractivity contribution in [1.29, 1.82) is 0 Å². The van der Waals surface area contributed by atoms with Crippen molar-refractivity contribution in [1.82, 2.24) is 4.57 Å². The standard InChI is InChI=1S/C20H24BrN/c1-3-8-16(21)14-13-15-9-7-11-18-17-10-5-6-12-19(17)22(4-2)20(15)18/h5-7,9-12,16H,3-4,8,13-14H2,1-2H3. The smallest absolute Gasteiger partial charge is 0.0523 e. The van der Waals surface area contributed by atoms with Gasteiger partial charge in [-0.05, 0) is 37.8 Å². The first-order chi connectivity index (χ1) is 10.8. The van der Waals surface area contributed by atoms with Crippen LogP contribution in [-0.4, -0.2) is 9.39 Å². The lowest BCUT2D eigenvalue weighted by Gasteiger charge is -2.11. The molecule has 0 N–H and O–H groups in total. The summed E-state index contributed by atoms with van der Waals surface area (Å²) in [5.41, 5.74) is 4.27. The number of aryl methyl sites for hydroxylation is 2. The lowest BCUT2D eigenvalue weighted by molar-refractivity contribution is 0.692. The molecule has 22 heavy (non-hydrogen) atoms. The normalized spacial score (nSPS) is 13.0. The van der Waals surface area contributed by atoms with E-state index in [0.29, 0.717) is 4.83 Å². The molecule has 0 aliphatic heterocycles. The molecule has 0 saturated carbocycles. The van der Waals surface area contributed by atoms with Crippen LogP contribution in [0.5, 0.6) is 0 Å². The molecule has 1 nitrogen and oxygen atoms in total. The van der Waals surface area contributed by atoms with Gasteiger partial charge in [0, 0.05) is 27.7 Å². The average Bonchev–Trinajstić information content (AvgIpc) is 2.87. The first-order valence-electron chi connectivity index (χ1n) is 8.39. The van der Waals surface area contributed by atoms with E-state index in [1.807, 2.05) is 0 Å². The maximum absolute atomic E-state index is 3.82. The van der Waals surface area contributed by atoms with Gasteiger partial charge < -0.3 is 4.57 Å². The molecule has 1 heterocycles. The van der Waals surface area contributed by atoms with Crippen molar-refractivity contribution in [3.05, 3.63) is 48.0 Å². The quantitative estimate of drug-likeness (QED) is 0.455. The zero-order chi connectivity index (χ0) is 15.5. The number of aromatic nitrogens is 1. The Morgan fingerprint density at radius 1 is 0.955 bits per heavy atom. The number of rotatable bonds is 6. The van der Waals surface area contributed by atoms with Gasteiger partial charge in [0.25, 0.3) is 0 Å². The predicted octanol–water partition coefficient (Wildman–Crippen LogP) is 6.31. The van der Waals surface area contributed by atoms with Crippen molar-refractivity contribution >= 4 is 37.7 Å². The highest BCUT2D eigenvalue weighted by molar-refractivity contribution is 9.09. The van der Waals surface area contributed by atoms with Crippen molar-refractivity contribution in [3.63, 3.8) is 0 Å². The minimum absolute atomic E-state index is 0.632. The van der Waals surface area contributed by atoms with E-state index in [1.165, 1.54) is 46.6 Å². The topological polar surface area (TPSA) is 4.93 Å². The minimum atomic E-state index is 0.632. The number of hydrogen-bond acceptors (Lipinski definition) is 0. The van der Waals surface area contributed by atoms with Crippen molar-refractivity contribution in [2.75, 3.05) is 0 Å². The van der Waals surface area contributed by atoms with Crippen LogP contribution in [0, 0.1) is 0 Å². The van der Waals surface area contributed by atoms with Crippen molar-refractivity contribution in [2.45, 2.75) is 50.9 Å². The Kier molecular flexibility index (Phi) is 4.87. The molecule has 0 radical (unpaired) electrons. The Hall–Kier alpha value is -1.28. The van der Waals surface area contributed by atoms with E-state index in [-0.39, 0.29) is 0 Å². The number of fused-ring (bicyclic) bond motifs is 3. The van der Waals surface area contributed by atoms with Gasteiger partial charge >= 0.3 is 0 Å². The molecule has 0 aliphatic rings. The lowest BCUT2D eigenvalue weighted by atomic mass is 10.0. The molecule has 3 aromatic rings. The van der Waals surface area contributed by atoms with E-state index >= 15 is 0 Å². The molecule has 0 saturated heterocycles. The van der Waals surface area contributed by atoms with Gasteiger partial charge in [-0.1, -0.05) is 65.7 Å². The molecule has 116 valence electrons. The molecule has 0 spiro atoms. The van der Waals surface area contributed by atoms with Crippen LogP contribution in [0.3, 0.4) is 0 Å². The van der Waals surface area contributed by atoms with Gasteiger partial charge in [-0.3, -0.25) is 0 Å². The van der Waals surface area contributed by atoms with Crippen LogP contribution in [0.25, 0.3) is 21.8 Å². The molecule has 0 bridgehead atoms. The number of benzene rings is 2. The summed E-state index contributed by atoms with van der Waals surface area (Å²) in [6, 6.07) is 15.6. The predicted molar refractivity (Wildman–Crippen MR) is 101 cm³/mol. The van der Waals surface area contributed by atoms with Gasteiger partial charge in [-0.25, -0.2) is 0 Å². The number of alkyl halides is 1.